The minimum atomic E-state index is -5.43. The molecular weight excluding hydrogens is 360 g/mol. The van der Waals surface area contributed by atoms with E-state index in [1.165, 1.54) is 24.3 Å². The molecule has 0 fully saturated rings. The molecule has 19 heavy (non-hydrogen) atoms. The molecular formula is C8H11ClMnO7P2+2. The normalized spacial score (nSPS) is 12.9. The molecule has 0 heterocycles. The van der Waals surface area contributed by atoms with Crippen LogP contribution in [0.4, 0.5) is 0 Å². The first kappa shape index (κ1) is 19.3. The van der Waals surface area contributed by atoms with E-state index in [1.807, 2.05) is 0 Å². The molecule has 5 N–H and O–H groups in total. The number of hydrogen-bond donors (Lipinski definition) is 5. The van der Waals surface area contributed by atoms with E-state index in [0.29, 0.717) is 5.02 Å². The average molecular weight is 372 g/mol. The summed E-state index contributed by atoms with van der Waals surface area (Å²) < 4.78 is 22.2. The number of hydrogen-bond acceptors (Lipinski definition) is 3. The fourth-order valence-electron chi connectivity index (χ4n) is 1.25. The Morgan fingerprint density at radius 2 is 1.37 bits per heavy atom. The number of benzene rings is 1. The minimum absolute atomic E-state index is 0. The Hall–Kier alpha value is 0.289. The smallest absolute Gasteiger partial charge is 0.367 e. The Kier molecular flexibility index (Phi) is 6.47. The molecule has 1 rings (SSSR count). The molecule has 1 aromatic carbocycles. The molecule has 0 aromatic heterocycles. The van der Waals surface area contributed by atoms with Crippen LogP contribution in [0, 0.1) is 0 Å². The summed E-state index contributed by atoms with van der Waals surface area (Å²) in [7, 11) is -10.9. The summed E-state index contributed by atoms with van der Waals surface area (Å²) in [5, 5.41) is 6.55. The van der Waals surface area contributed by atoms with Crippen LogP contribution in [0.3, 0.4) is 0 Å². The molecule has 0 aliphatic carbocycles. The summed E-state index contributed by atoms with van der Waals surface area (Å²) in [6.45, 7) is 0. The third kappa shape index (κ3) is 4.38. The van der Waals surface area contributed by atoms with E-state index in [0.717, 1.165) is 0 Å². The molecule has 0 saturated carbocycles. The maximum atomic E-state index is 11.1. The molecule has 1 radical (unpaired) electrons. The van der Waals surface area contributed by atoms with Gasteiger partial charge in [0.05, 0.1) is 0 Å². The number of halogens is 1. The van der Waals surface area contributed by atoms with Gasteiger partial charge in [0, 0.05) is 11.4 Å². The van der Waals surface area contributed by atoms with Gasteiger partial charge in [-0.2, -0.15) is 0 Å². The third-order valence-corrected chi connectivity index (χ3v) is 6.29. The Bertz CT molecular complexity index is 500. The van der Waals surface area contributed by atoms with Crippen LogP contribution >= 0.6 is 26.8 Å². The SMILES string of the molecule is O=P(O)(O)C(O)(Cc1ccc(Cl)cc1)P(=O)(O)O.[Mn+2]. The Morgan fingerprint density at radius 3 is 1.68 bits per heavy atom. The van der Waals surface area contributed by atoms with Gasteiger partial charge in [-0.05, 0) is 17.7 Å². The van der Waals surface area contributed by atoms with Crippen molar-refractivity contribution in [3.05, 3.63) is 34.9 Å². The molecule has 0 bridgehead atoms. The molecule has 107 valence electrons. The van der Waals surface area contributed by atoms with Crippen LogP contribution < -0.4 is 0 Å². The Labute approximate surface area is 124 Å². The van der Waals surface area contributed by atoms with Gasteiger partial charge < -0.3 is 24.7 Å². The number of rotatable bonds is 4. The fraction of sp³-hybridized carbons (Fsp3) is 0.250. The summed E-state index contributed by atoms with van der Waals surface area (Å²) in [5.41, 5.74) is 0.133. The molecule has 0 atom stereocenters. The second-order valence-electron chi connectivity index (χ2n) is 3.67. The van der Waals surface area contributed by atoms with Gasteiger partial charge in [0.15, 0.2) is 0 Å². The van der Waals surface area contributed by atoms with E-state index in [4.69, 9.17) is 31.2 Å². The van der Waals surface area contributed by atoms with E-state index in [1.54, 1.807) is 0 Å². The summed E-state index contributed by atoms with van der Waals surface area (Å²) in [5.74, 6) is 0. The van der Waals surface area contributed by atoms with Crippen molar-refractivity contribution in [3.63, 3.8) is 0 Å². The molecule has 0 amide bonds. The summed E-state index contributed by atoms with van der Waals surface area (Å²) in [6, 6.07) is 5.35. The van der Waals surface area contributed by atoms with Crippen LogP contribution in [0.2, 0.25) is 5.02 Å². The Balaban J connectivity index is 0.00000324. The third-order valence-electron chi connectivity index (χ3n) is 2.29. The van der Waals surface area contributed by atoms with Crippen molar-refractivity contribution in [1.82, 2.24) is 0 Å². The van der Waals surface area contributed by atoms with Crippen LogP contribution in [0.1, 0.15) is 5.56 Å². The van der Waals surface area contributed by atoms with Crippen LogP contribution in [-0.2, 0) is 32.6 Å². The first-order valence-corrected chi connectivity index (χ1v) is 8.16. The first-order chi connectivity index (χ1) is 7.97. The van der Waals surface area contributed by atoms with Gasteiger partial charge in [-0.15, -0.1) is 0 Å². The van der Waals surface area contributed by atoms with Crippen LogP contribution in [-0.4, -0.2) is 29.8 Å². The average Bonchev–Trinajstić information content (AvgIpc) is 2.18. The minimum Gasteiger partial charge on any atom is -0.367 e. The van der Waals surface area contributed by atoms with Crippen molar-refractivity contribution in [3.8, 4) is 0 Å². The van der Waals surface area contributed by atoms with Gasteiger partial charge in [-0.25, -0.2) is 0 Å². The van der Waals surface area contributed by atoms with Crippen LogP contribution in [0.25, 0.3) is 0 Å². The number of aliphatic hydroxyl groups is 1. The van der Waals surface area contributed by atoms with E-state index < -0.39 is 26.7 Å². The summed E-state index contributed by atoms with van der Waals surface area (Å²) >= 11 is 5.59. The van der Waals surface area contributed by atoms with E-state index in [-0.39, 0.29) is 22.6 Å². The largest absolute Gasteiger partial charge is 2.00 e. The quantitative estimate of drug-likeness (QED) is 0.391. The van der Waals surface area contributed by atoms with E-state index >= 15 is 0 Å². The molecule has 0 saturated heterocycles. The van der Waals surface area contributed by atoms with Crippen molar-refractivity contribution in [2.24, 2.45) is 0 Å². The summed E-state index contributed by atoms with van der Waals surface area (Å²) in [4.78, 5) is 35.7. The van der Waals surface area contributed by atoms with Crippen LogP contribution in [0.15, 0.2) is 24.3 Å². The molecule has 1 aromatic rings. The zero-order valence-corrected chi connectivity index (χ0v) is 12.9. The molecule has 0 aliphatic heterocycles. The van der Waals surface area contributed by atoms with Gasteiger partial charge in [0.1, 0.15) is 0 Å². The molecule has 0 unspecified atom stereocenters. The van der Waals surface area contributed by atoms with Crippen molar-refractivity contribution >= 4 is 26.8 Å². The first-order valence-electron chi connectivity index (χ1n) is 4.55. The second-order valence-corrected chi connectivity index (χ2v) is 8.11. The van der Waals surface area contributed by atoms with Gasteiger partial charge in [-0.3, -0.25) is 9.13 Å². The predicted octanol–water partition coefficient (Wildman–Crippen LogP) is 0.881. The zero-order chi connectivity index (χ0) is 14.2. The van der Waals surface area contributed by atoms with E-state index in [2.05, 4.69) is 0 Å². The molecule has 11 heteroatoms. The van der Waals surface area contributed by atoms with Gasteiger partial charge in [-0.1, -0.05) is 23.7 Å². The standard InChI is InChI=1S/C8H11ClO7P2.Mn/c9-7-3-1-6(2-4-7)5-8(10,17(11,12)13)18(14,15)16;/h1-4,10H,5H2,(H2,11,12,13)(H2,14,15,16);/q;+2. The fourth-order valence-corrected chi connectivity index (χ4v) is 3.51. The Morgan fingerprint density at radius 1 is 1.00 bits per heavy atom. The van der Waals surface area contributed by atoms with Gasteiger partial charge >= 0.3 is 32.3 Å². The maximum absolute atomic E-state index is 11.1. The predicted molar refractivity (Wildman–Crippen MR) is 64.2 cm³/mol. The van der Waals surface area contributed by atoms with Crippen molar-refractivity contribution < 1.29 is 50.9 Å². The van der Waals surface area contributed by atoms with Gasteiger partial charge in [0.2, 0.25) is 0 Å². The van der Waals surface area contributed by atoms with Crippen molar-refractivity contribution in [2.45, 2.75) is 11.5 Å². The monoisotopic (exact) mass is 371 g/mol. The van der Waals surface area contributed by atoms with E-state index in [9.17, 15) is 14.2 Å². The molecule has 0 spiro atoms. The molecule has 0 aliphatic rings. The topological polar surface area (TPSA) is 135 Å². The summed E-state index contributed by atoms with van der Waals surface area (Å²) in [6.07, 6.45) is -0.890. The van der Waals surface area contributed by atoms with Crippen molar-refractivity contribution in [2.75, 3.05) is 0 Å². The van der Waals surface area contributed by atoms with Gasteiger partial charge in [0.25, 0.3) is 5.08 Å². The maximum Gasteiger partial charge on any atom is 2.00 e. The second kappa shape index (κ2) is 6.37. The van der Waals surface area contributed by atoms with Crippen molar-refractivity contribution in [1.29, 1.82) is 0 Å². The van der Waals surface area contributed by atoms with Crippen LogP contribution in [0.5, 0.6) is 0 Å². The zero-order valence-electron chi connectivity index (χ0n) is 9.22. The molecule has 7 nitrogen and oxygen atoms in total.